The Bertz CT molecular complexity index is 583. The lowest BCUT2D eigenvalue weighted by atomic mass is 10.1. The van der Waals surface area contributed by atoms with Crippen molar-refractivity contribution in [1.29, 1.82) is 0 Å². The first-order valence-corrected chi connectivity index (χ1v) is 6.59. The van der Waals surface area contributed by atoms with Gasteiger partial charge in [0, 0.05) is 30.9 Å². The highest BCUT2D eigenvalue weighted by molar-refractivity contribution is 6.35. The first kappa shape index (κ1) is 14.3. The summed E-state index contributed by atoms with van der Waals surface area (Å²) in [4.78, 5) is 0. The predicted molar refractivity (Wildman–Crippen MR) is 74.9 cm³/mol. The van der Waals surface area contributed by atoms with E-state index in [4.69, 9.17) is 23.2 Å². The molecule has 1 unspecified atom stereocenters. The van der Waals surface area contributed by atoms with Crippen molar-refractivity contribution in [3.8, 4) is 0 Å². The number of rotatable bonds is 4. The lowest BCUT2D eigenvalue weighted by Gasteiger charge is -2.15. The summed E-state index contributed by atoms with van der Waals surface area (Å²) in [7, 11) is 1.86. The summed E-state index contributed by atoms with van der Waals surface area (Å²) in [6.07, 6.45) is 1.87. The summed E-state index contributed by atoms with van der Waals surface area (Å²) in [5, 5.41) is 7.99. The van der Waals surface area contributed by atoms with Gasteiger partial charge in [-0.25, -0.2) is 4.39 Å². The van der Waals surface area contributed by atoms with E-state index in [0.717, 1.165) is 5.69 Å². The number of nitrogens with zero attached hydrogens (tertiary/aromatic N) is 2. The van der Waals surface area contributed by atoms with Gasteiger partial charge in [-0.3, -0.25) is 4.68 Å². The SMILES string of the molecule is CC(NCc1ccn(C)n1)c1cc(F)c(Cl)cc1Cl. The van der Waals surface area contributed by atoms with Crippen LogP contribution in [-0.4, -0.2) is 9.78 Å². The lowest BCUT2D eigenvalue weighted by molar-refractivity contribution is 0.555. The van der Waals surface area contributed by atoms with Gasteiger partial charge in [-0.15, -0.1) is 0 Å². The predicted octanol–water partition coefficient (Wildman–Crippen LogP) is 3.72. The van der Waals surface area contributed by atoms with Crippen molar-refractivity contribution < 1.29 is 4.39 Å². The quantitative estimate of drug-likeness (QED) is 0.872. The van der Waals surface area contributed by atoms with Crippen LogP contribution in [0.4, 0.5) is 4.39 Å². The molecule has 1 aromatic heterocycles. The van der Waals surface area contributed by atoms with Crippen LogP contribution < -0.4 is 5.32 Å². The Labute approximate surface area is 121 Å². The minimum Gasteiger partial charge on any atom is -0.304 e. The van der Waals surface area contributed by atoms with E-state index in [9.17, 15) is 4.39 Å². The molecule has 2 aromatic rings. The van der Waals surface area contributed by atoms with Crippen LogP contribution in [0, 0.1) is 5.82 Å². The molecule has 1 aromatic carbocycles. The zero-order chi connectivity index (χ0) is 14.0. The molecule has 0 saturated heterocycles. The molecule has 6 heteroatoms. The largest absolute Gasteiger partial charge is 0.304 e. The molecule has 3 nitrogen and oxygen atoms in total. The first-order chi connectivity index (χ1) is 8.97. The van der Waals surface area contributed by atoms with Gasteiger partial charge in [-0.1, -0.05) is 23.2 Å². The van der Waals surface area contributed by atoms with Gasteiger partial charge in [0.25, 0.3) is 0 Å². The molecule has 0 aliphatic rings. The van der Waals surface area contributed by atoms with Gasteiger partial charge < -0.3 is 5.32 Å². The van der Waals surface area contributed by atoms with E-state index in [1.807, 2.05) is 26.2 Å². The molecule has 0 aliphatic heterocycles. The van der Waals surface area contributed by atoms with Gasteiger partial charge in [0.1, 0.15) is 5.82 Å². The normalized spacial score (nSPS) is 12.7. The van der Waals surface area contributed by atoms with Gasteiger partial charge in [-0.2, -0.15) is 5.10 Å². The third-order valence-electron chi connectivity index (χ3n) is 2.86. The van der Waals surface area contributed by atoms with E-state index in [1.165, 1.54) is 12.1 Å². The number of halogens is 3. The van der Waals surface area contributed by atoms with Crippen molar-refractivity contribution in [2.75, 3.05) is 0 Å². The van der Waals surface area contributed by atoms with Gasteiger partial charge >= 0.3 is 0 Å². The van der Waals surface area contributed by atoms with Crippen LogP contribution in [0.2, 0.25) is 10.0 Å². The molecular weight excluding hydrogens is 288 g/mol. The van der Waals surface area contributed by atoms with Crippen molar-refractivity contribution in [2.45, 2.75) is 19.5 Å². The molecule has 1 atom stereocenters. The highest BCUT2D eigenvalue weighted by Crippen LogP contribution is 2.28. The molecule has 1 N–H and O–H groups in total. The smallest absolute Gasteiger partial charge is 0.142 e. The molecule has 0 bridgehead atoms. The number of aromatic nitrogens is 2. The van der Waals surface area contributed by atoms with Crippen molar-refractivity contribution in [1.82, 2.24) is 15.1 Å². The molecule has 1 heterocycles. The van der Waals surface area contributed by atoms with E-state index < -0.39 is 5.82 Å². The van der Waals surface area contributed by atoms with Gasteiger partial charge in [0.2, 0.25) is 0 Å². The van der Waals surface area contributed by atoms with Crippen molar-refractivity contribution in [2.24, 2.45) is 7.05 Å². The van der Waals surface area contributed by atoms with Crippen LogP contribution in [0.3, 0.4) is 0 Å². The van der Waals surface area contributed by atoms with E-state index in [1.54, 1.807) is 4.68 Å². The standard InChI is InChI=1S/C13H14Cl2FN3/c1-8(17-7-9-3-4-19(2)18-9)10-5-13(16)12(15)6-11(10)14/h3-6,8,17H,7H2,1-2H3. The highest BCUT2D eigenvalue weighted by atomic mass is 35.5. The summed E-state index contributed by atoms with van der Waals surface area (Å²) in [5.74, 6) is -0.465. The van der Waals surface area contributed by atoms with Crippen molar-refractivity contribution in [3.05, 3.63) is 51.5 Å². The fourth-order valence-corrected chi connectivity index (χ4v) is 2.34. The van der Waals surface area contributed by atoms with E-state index >= 15 is 0 Å². The van der Waals surface area contributed by atoms with E-state index in [0.29, 0.717) is 17.1 Å². The summed E-state index contributed by atoms with van der Waals surface area (Å²) < 4.78 is 15.2. The summed E-state index contributed by atoms with van der Waals surface area (Å²) >= 11 is 11.7. The number of benzene rings is 1. The number of aryl methyl sites for hydroxylation is 1. The maximum atomic E-state index is 13.5. The Kier molecular flexibility index (Phi) is 4.45. The molecule has 0 aliphatic carbocycles. The van der Waals surface area contributed by atoms with E-state index in [-0.39, 0.29) is 11.1 Å². The number of hydrogen-bond donors (Lipinski definition) is 1. The molecular formula is C13H14Cl2FN3. The molecule has 19 heavy (non-hydrogen) atoms. The Hall–Kier alpha value is -1.10. The second-order valence-electron chi connectivity index (χ2n) is 4.37. The maximum Gasteiger partial charge on any atom is 0.142 e. The molecule has 102 valence electrons. The fourth-order valence-electron chi connectivity index (χ4n) is 1.79. The van der Waals surface area contributed by atoms with Gasteiger partial charge in [-0.05, 0) is 30.7 Å². The number of nitrogens with one attached hydrogen (secondary N) is 1. The van der Waals surface area contributed by atoms with Crippen molar-refractivity contribution >= 4 is 23.2 Å². The van der Waals surface area contributed by atoms with E-state index in [2.05, 4.69) is 10.4 Å². The molecule has 0 amide bonds. The van der Waals surface area contributed by atoms with Gasteiger partial charge in [0.15, 0.2) is 0 Å². The Morgan fingerprint density at radius 2 is 2.11 bits per heavy atom. The molecule has 0 radical (unpaired) electrons. The molecule has 2 rings (SSSR count). The summed E-state index contributed by atoms with van der Waals surface area (Å²) in [5.41, 5.74) is 1.60. The Balaban J connectivity index is 2.07. The monoisotopic (exact) mass is 301 g/mol. The zero-order valence-corrected chi connectivity index (χ0v) is 12.1. The van der Waals surface area contributed by atoms with Crippen LogP contribution in [0.5, 0.6) is 0 Å². The van der Waals surface area contributed by atoms with Crippen LogP contribution in [0.15, 0.2) is 24.4 Å². The topological polar surface area (TPSA) is 29.9 Å². The minimum atomic E-state index is -0.465. The second-order valence-corrected chi connectivity index (χ2v) is 5.19. The lowest BCUT2D eigenvalue weighted by Crippen LogP contribution is -2.19. The summed E-state index contributed by atoms with van der Waals surface area (Å²) in [6.45, 7) is 2.50. The summed E-state index contributed by atoms with van der Waals surface area (Å²) in [6, 6.07) is 4.61. The first-order valence-electron chi connectivity index (χ1n) is 5.83. The maximum absolute atomic E-state index is 13.5. The zero-order valence-electron chi connectivity index (χ0n) is 10.6. The highest BCUT2D eigenvalue weighted by Gasteiger charge is 2.13. The van der Waals surface area contributed by atoms with Crippen LogP contribution >= 0.6 is 23.2 Å². The number of hydrogen-bond acceptors (Lipinski definition) is 2. The van der Waals surface area contributed by atoms with Crippen LogP contribution in [-0.2, 0) is 13.6 Å². The average Bonchev–Trinajstić information content (AvgIpc) is 2.77. The van der Waals surface area contributed by atoms with Crippen LogP contribution in [0.25, 0.3) is 0 Å². The molecule has 0 spiro atoms. The third kappa shape index (κ3) is 3.47. The van der Waals surface area contributed by atoms with Crippen molar-refractivity contribution in [3.63, 3.8) is 0 Å². The molecule has 0 fully saturated rings. The van der Waals surface area contributed by atoms with Crippen LogP contribution in [0.1, 0.15) is 24.2 Å². The Morgan fingerprint density at radius 3 is 2.74 bits per heavy atom. The molecule has 0 saturated carbocycles. The average molecular weight is 302 g/mol. The second kappa shape index (κ2) is 5.90. The fraction of sp³-hybridized carbons (Fsp3) is 0.308. The minimum absolute atomic E-state index is 0.0330. The third-order valence-corrected chi connectivity index (χ3v) is 3.48. The Morgan fingerprint density at radius 1 is 1.37 bits per heavy atom. The van der Waals surface area contributed by atoms with Gasteiger partial charge in [0.05, 0.1) is 10.7 Å².